The molecule has 1 saturated carbocycles. The summed E-state index contributed by atoms with van der Waals surface area (Å²) in [4.78, 5) is 0. The summed E-state index contributed by atoms with van der Waals surface area (Å²) < 4.78 is 0. The first kappa shape index (κ1) is 13.2. The fourth-order valence-corrected chi connectivity index (χ4v) is 2.19. The minimum Gasteiger partial charge on any atom is -0.508 e. The Bertz CT molecular complexity index is 286. The summed E-state index contributed by atoms with van der Waals surface area (Å²) in [7, 11) is 0. The van der Waals surface area contributed by atoms with Crippen LogP contribution in [0.25, 0.3) is 0 Å². The largest absolute Gasteiger partial charge is 0.508 e. The van der Waals surface area contributed by atoms with Crippen LogP contribution in [0.2, 0.25) is 0 Å². The van der Waals surface area contributed by atoms with E-state index in [2.05, 4.69) is 19.1 Å². The Morgan fingerprint density at radius 1 is 1.13 bits per heavy atom. The van der Waals surface area contributed by atoms with Gasteiger partial charge in [0, 0.05) is 32.7 Å². The number of hydrogen-bond acceptors (Lipinski definition) is 1. The fourth-order valence-electron chi connectivity index (χ4n) is 2.19. The zero-order chi connectivity index (χ0) is 9.97. The van der Waals surface area contributed by atoms with Crippen molar-refractivity contribution in [2.75, 3.05) is 0 Å². The first-order valence-electron chi connectivity index (χ1n) is 5.36. The molecule has 1 radical (unpaired) electrons. The van der Waals surface area contributed by atoms with E-state index in [9.17, 15) is 5.11 Å². The van der Waals surface area contributed by atoms with E-state index in [4.69, 9.17) is 0 Å². The number of phenolic OH excluding ortho intramolecular Hbond substituents is 1. The third-order valence-corrected chi connectivity index (χ3v) is 3.20. The normalized spacial score (nSPS) is 18.5. The average Bonchev–Trinajstić information content (AvgIpc) is 2.21. The van der Waals surface area contributed by atoms with Crippen molar-refractivity contribution in [2.24, 2.45) is 0 Å². The maximum Gasteiger partial charge on any atom is 0.115 e. The van der Waals surface area contributed by atoms with Gasteiger partial charge in [0.15, 0.2) is 0 Å². The van der Waals surface area contributed by atoms with E-state index in [0.717, 1.165) is 0 Å². The SMILES string of the molecule is C[C-]1CCC(c2ccc(O)cc2)CC1.[Y]. The second-order valence-electron chi connectivity index (χ2n) is 4.32. The summed E-state index contributed by atoms with van der Waals surface area (Å²) >= 11 is 0. The van der Waals surface area contributed by atoms with Gasteiger partial charge in [-0.2, -0.15) is 19.8 Å². The van der Waals surface area contributed by atoms with E-state index in [1.807, 2.05) is 0 Å². The molecule has 0 amide bonds. The Morgan fingerprint density at radius 2 is 1.67 bits per heavy atom. The zero-order valence-electron chi connectivity index (χ0n) is 9.24. The van der Waals surface area contributed by atoms with Crippen LogP contribution >= 0.6 is 0 Å². The number of rotatable bonds is 1. The Morgan fingerprint density at radius 3 is 2.20 bits per heavy atom. The fraction of sp³-hybridized carbons (Fsp3) is 0.462. The van der Waals surface area contributed by atoms with Crippen molar-refractivity contribution < 1.29 is 37.8 Å². The van der Waals surface area contributed by atoms with E-state index in [1.165, 1.54) is 31.2 Å². The third-order valence-electron chi connectivity index (χ3n) is 3.20. The van der Waals surface area contributed by atoms with Crippen molar-refractivity contribution in [1.82, 2.24) is 0 Å². The molecule has 2 heteroatoms. The second-order valence-corrected chi connectivity index (χ2v) is 4.32. The van der Waals surface area contributed by atoms with E-state index in [1.54, 1.807) is 18.1 Å². The van der Waals surface area contributed by atoms with E-state index >= 15 is 0 Å². The number of aromatic hydroxyl groups is 1. The molecule has 1 aromatic rings. The van der Waals surface area contributed by atoms with Gasteiger partial charge in [0.05, 0.1) is 0 Å². The summed E-state index contributed by atoms with van der Waals surface area (Å²) in [6.45, 7) is 2.26. The van der Waals surface area contributed by atoms with Gasteiger partial charge in [0.2, 0.25) is 0 Å². The molecular formula is C13H17OY-. The van der Waals surface area contributed by atoms with Crippen LogP contribution in [-0.2, 0) is 32.7 Å². The van der Waals surface area contributed by atoms with Gasteiger partial charge in [-0.25, -0.2) is 0 Å². The Balaban J connectivity index is 0.00000112. The topological polar surface area (TPSA) is 20.2 Å². The smallest absolute Gasteiger partial charge is 0.115 e. The average molecular weight is 278 g/mol. The van der Waals surface area contributed by atoms with Crippen LogP contribution < -0.4 is 0 Å². The molecule has 0 saturated heterocycles. The predicted molar refractivity (Wildman–Crippen MR) is 58.2 cm³/mol. The van der Waals surface area contributed by atoms with Gasteiger partial charge in [-0.05, 0) is 23.6 Å². The molecule has 0 aromatic heterocycles. The molecule has 0 unspecified atom stereocenters. The molecule has 1 aliphatic rings. The summed E-state index contributed by atoms with van der Waals surface area (Å²) in [5.74, 6) is 2.71. The second kappa shape index (κ2) is 6.01. The van der Waals surface area contributed by atoms with Gasteiger partial charge < -0.3 is 11.0 Å². The van der Waals surface area contributed by atoms with Gasteiger partial charge in [-0.3, -0.25) is 0 Å². The molecule has 1 aromatic carbocycles. The molecule has 1 fully saturated rings. The van der Waals surface area contributed by atoms with Crippen molar-refractivity contribution in [3.05, 3.63) is 35.7 Å². The quantitative estimate of drug-likeness (QED) is 0.777. The molecule has 0 spiro atoms. The van der Waals surface area contributed by atoms with Crippen LogP contribution in [0.5, 0.6) is 5.75 Å². The molecule has 1 N–H and O–H groups in total. The molecule has 1 nitrogen and oxygen atoms in total. The maximum absolute atomic E-state index is 9.19. The third kappa shape index (κ3) is 3.57. The molecule has 0 heterocycles. The summed E-state index contributed by atoms with van der Waals surface area (Å²) in [5, 5.41) is 9.19. The van der Waals surface area contributed by atoms with E-state index < -0.39 is 0 Å². The maximum atomic E-state index is 9.19. The summed E-state index contributed by atoms with van der Waals surface area (Å²) in [6.07, 6.45) is 5.09. The van der Waals surface area contributed by atoms with Crippen LogP contribution in [0.4, 0.5) is 0 Å². The molecular weight excluding hydrogens is 261 g/mol. The van der Waals surface area contributed by atoms with Crippen LogP contribution in [0.1, 0.15) is 44.1 Å². The van der Waals surface area contributed by atoms with Crippen LogP contribution in [-0.4, -0.2) is 5.11 Å². The minimum atomic E-state index is 0. The van der Waals surface area contributed by atoms with Crippen molar-refractivity contribution in [3.63, 3.8) is 0 Å². The van der Waals surface area contributed by atoms with E-state index in [0.29, 0.717) is 11.7 Å². The van der Waals surface area contributed by atoms with Crippen molar-refractivity contribution >= 4 is 0 Å². The van der Waals surface area contributed by atoms with Gasteiger partial charge in [0.25, 0.3) is 0 Å². The first-order chi connectivity index (χ1) is 6.75. The molecule has 0 bridgehead atoms. The zero-order valence-corrected chi connectivity index (χ0v) is 12.1. The number of hydrogen-bond donors (Lipinski definition) is 1. The van der Waals surface area contributed by atoms with Gasteiger partial charge in [-0.15, -0.1) is 0 Å². The predicted octanol–water partition coefficient (Wildman–Crippen LogP) is 3.64. The minimum absolute atomic E-state index is 0. The summed E-state index contributed by atoms with van der Waals surface area (Å²) in [5.41, 5.74) is 1.38. The summed E-state index contributed by atoms with van der Waals surface area (Å²) in [6, 6.07) is 7.70. The van der Waals surface area contributed by atoms with Crippen molar-refractivity contribution in [1.29, 1.82) is 0 Å². The van der Waals surface area contributed by atoms with Gasteiger partial charge in [-0.1, -0.05) is 25.0 Å². The monoisotopic (exact) mass is 278 g/mol. The Labute approximate surface area is 117 Å². The molecule has 1 aliphatic carbocycles. The number of phenols is 1. The molecule has 15 heavy (non-hydrogen) atoms. The van der Waals surface area contributed by atoms with Crippen LogP contribution in [0, 0.1) is 5.92 Å². The van der Waals surface area contributed by atoms with Crippen molar-refractivity contribution in [3.8, 4) is 5.75 Å². The van der Waals surface area contributed by atoms with E-state index in [-0.39, 0.29) is 32.7 Å². The van der Waals surface area contributed by atoms with Crippen LogP contribution in [0.3, 0.4) is 0 Å². The van der Waals surface area contributed by atoms with Crippen LogP contribution in [0.15, 0.2) is 24.3 Å². The standard InChI is InChI=1S/C13H17O.Y/c1-10-2-4-11(5-3-10)12-6-8-13(14)9-7-12;/h6-9,11,14H,2-5H2,1H3;/q-1;. The first-order valence-corrected chi connectivity index (χ1v) is 5.36. The Hall–Kier alpha value is 0.124. The molecule has 79 valence electrons. The molecule has 0 atom stereocenters. The van der Waals surface area contributed by atoms with Gasteiger partial charge in [0.1, 0.15) is 5.75 Å². The number of benzene rings is 1. The van der Waals surface area contributed by atoms with Gasteiger partial charge >= 0.3 is 0 Å². The molecule has 2 rings (SSSR count). The Kier molecular flexibility index (Phi) is 5.28. The van der Waals surface area contributed by atoms with Crippen molar-refractivity contribution in [2.45, 2.75) is 38.5 Å². The molecule has 0 aliphatic heterocycles.